The lowest BCUT2D eigenvalue weighted by molar-refractivity contribution is 0.162. The number of benzene rings is 1. The first-order chi connectivity index (χ1) is 8.90. The third-order valence-electron chi connectivity index (χ3n) is 3.50. The molecule has 1 aromatic carbocycles. The van der Waals surface area contributed by atoms with Crippen LogP contribution in [-0.4, -0.2) is 30.6 Å². The molecule has 0 amide bonds. The van der Waals surface area contributed by atoms with Crippen LogP contribution in [0.4, 0.5) is 0 Å². The zero-order chi connectivity index (χ0) is 14.0. The van der Waals surface area contributed by atoms with Gasteiger partial charge in [0.2, 0.25) is 0 Å². The highest BCUT2D eigenvalue weighted by Crippen LogP contribution is 2.27. The average molecular weight is 368 g/mol. The fourth-order valence-electron chi connectivity index (χ4n) is 2.46. The standard InChI is InChI=1S/C13H16BrClO3S/c14-10-5-4-9(11(15)8-10)7-12(16)13-3-1-2-6-19(13,17)18/h4-5,8,12-13,16H,1-3,6-7H2. The van der Waals surface area contributed by atoms with E-state index in [2.05, 4.69) is 15.9 Å². The Morgan fingerprint density at radius 1 is 1.42 bits per heavy atom. The molecule has 0 aliphatic carbocycles. The second-order valence-electron chi connectivity index (χ2n) is 4.91. The summed E-state index contributed by atoms with van der Waals surface area (Å²) < 4.78 is 24.8. The van der Waals surface area contributed by atoms with E-state index in [0.29, 0.717) is 17.9 Å². The summed E-state index contributed by atoms with van der Waals surface area (Å²) >= 11 is 9.41. The van der Waals surface area contributed by atoms with Crippen molar-refractivity contribution < 1.29 is 13.5 Å². The van der Waals surface area contributed by atoms with E-state index in [4.69, 9.17) is 11.6 Å². The number of aliphatic hydroxyl groups is 1. The normalized spacial score (nSPS) is 24.1. The summed E-state index contributed by atoms with van der Waals surface area (Å²) in [5.74, 6) is 0.183. The van der Waals surface area contributed by atoms with Crippen LogP contribution in [0.25, 0.3) is 0 Å². The molecular weight excluding hydrogens is 352 g/mol. The zero-order valence-corrected chi connectivity index (χ0v) is 13.5. The molecule has 0 spiro atoms. The highest BCUT2D eigenvalue weighted by atomic mass is 79.9. The van der Waals surface area contributed by atoms with Gasteiger partial charge in [0.05, 0.1) is 17.1 Å². The number of rotatable bonds is 3. The largest absolute Gasteiger partial charge is 0.391 e. The van der Waals surface area contributed by atoms with E-state index < -0.39 is 21.2 Å². The van der Waals surface area contributed by atoms with Crippen LogP contribution in [0.2, 0.25) is 5.02 Å². The molecule has 3 nitrogen and oxygen atoms in total. The van der Waals surface area contributed by atoms with Crippen LogP contribution < -0.4 is 0 Å². The Morgan fingerprint density at radius 2 is 2.16 bits per heavy atom. The molecule has 19 heavy (non-hydrogen) atoms. The van der Waals surface area contributed by atoms with E-state index in [0.717, 1.165) is 16.5 Å². The number of halogens is 2. The maximum Gasteiger partial charge on any atom is 0.155 e. The molecule has 2 unspecified atom stereocenters. The molecule has 1 aliphatic heterocycles. The van der Waals surface area contributed by atoms with Crippen LogP contribution in [0.5, 0.6) is 0 Å². The van der Waals surface area contributed by atoms with E-state index in [1.54, 1.807) is 6.07 Å². The molecular formula is C13H16BrClO3S. The molecule has 0 saturated carbocycles. The fraction of sp³-hybridized carbons (Fsp3) is 0.538. The van der Waals surface area contributed by atoms with E-state index in [9.17, 15) is 13.5 Å². The molecule has 1 fully saturated rings. The molecule has 106 valence electrons. The summed E-state index contributed by atoms with van der Waals surface area (Å²) in [4.78, 5) is 0. The van der Waals surface area contributed by atoms with Crippen molar-refractivity contribution >= 4 is 37.4 Å². The molecule has 2 rings (SSSR count). The predicted octanol–water partition coefficient (Wildman–Crippen LogP) is 2.97. The summed E-state index contributed by atoms with van der Waals surface area (Å²) in [6.45, 7) is 0. The maximum absolute atomic E-state index is 12.0. The fourth-order valence-corrected chi connectivity index (χ4v) is 5.22. The van der Waals surface area contributed by atoms with Crippen LogP contribution >= 0.6 is 27.5 Å². The van der Waals surface area contributed by atoms with Crippen LogP contribution in [0.15, 0.2) is 22.7 Å². The lowest BCUT2D eigenvalue weighted by atomic mass is 10.0. The van der Waals surface area contributed by atoms with Crippen molar-refractivity contribution in [3.05, 3.63) is 33.3 Å². The van der Waals surface area contributed by atoms with E-state index in [1.165, 1.54) is 0 Å². The van der Waals surface area contributed by atoms with E-state index >= 15 is 0 Å². The van der Waals surface area contributed by atoms with Crippen molar-refractivity contribution in [3.8, 4) is 0 Å². The topological polar surface area (TPSA) is 54.4 Å². The highest BCUT2D eigenvalue weighted by molar-refractivity contribution is 9.10. The van der Waals surface area contributed by atoms with Crippen molar-refractivity contribution in [1.82, 2.24) is 0 Å². The molecule has 1 aromatic rings. The van der Waals surface area contributed by atoms with Gasteiger partial charge in [-0.25, -0.2) is 8.42 Å². The Bertz CT molecular complexity index is 559. The van der Waals surface area contributed by atoms with E-state index in [-0.39, 0.29) is 12.2 Å². The summed E-state index contributed by atoms with van der Waals surface area (Å²) in [5, 5.41) is 10.1. The monoisotopic (exact) mass is 366 g/mol. The van der Waals surface area contributed by atoms with Crippen LogP contribution in [0, 0.1) is 0 Å². The van der Waals surface area contributed by atoms with Gasteiger partial charge in [0.1, 0.15) is 0 Å². The number of sulfone groups is 1. The van der Waals surface area contributed by atoms with Crippen molar-refractivity contribution in [2.75, 3.05) is 5.75 Å². The minimum Gasteiger partial charge on any atom is -0.391 e. The van der Waals surface area contributed by atoms with Gasteiger partial charge in [-0.3, -0.25) is 0 Å². The van der Waals surface area contributed by atoms with Crippen LogP contribution in [-0.2, 0) is 16.3 Å². The first-order valence-corrected chi connectivity index (χ1v) is 9.12. The molecule has 0 aromatic heterocycles. The van der Waals surface area contributed by atoms with Gasteiger partial charge >= 0.3 is 0 Å². The van der Waals surface area contributed by atoms with E-state index in [1.807, 2.05) is 12.1 Å². The first kappa shape index (κ1) is 15.3. The molecule has 1 heterocycles. The highest BCUT2D eigenvalue weighted by Gasteiger charge is 2.34. The average Bonchev–Trinajstić information content (AvgIpc) is 2.32. The zero-order valence-electron chi connectivity index (χ0n) is 10.4. The van der Waals surface area contributed by atoms with Gasteiger partial charge < -0.3 is 5.11 Å². The van der Waals surface area contributed by atoms with Gasteiger partial charge in [0.25, 0.3) is 0 Å². The van der Waals surface area contributed by atoms with Gasteiger partial charge in [-0.2, -0.15) is 0 Å². The van der Waals surface area contributed by atoms with Crippen LogP contribution in [0.3, 0.4) is 0 Å². The minimum absolute atomic E-state index is 0.183. The Hall–Kier alpha value is -0.100. The SMILES string of the molecule is O=S1(=O)CCCCC1C(O)Cc1ccc(Br)cc1Cl. The van der Waals surface area contributed by atoms with Gasteiger partial charge in [-0.05, 0) is 30.5 Å². The Balaban J connectivity index is 2.14. The van der Waals surface area contributed by atoms with Crippen molar-refractivity contribution in [2.24, 2.45) is 0 Å². The van der Waals surface area contributed by atoms with Gasteiger partial charge in [-0.15, -0.1) is 0 Å². The second-order valence-corrected chi connectivity index (χ2v) is 8.57. The predicted molar refractivity (Wildman–Crippen MR) is 80.3 cm³/mol. The lowest BCUT2D eigenvalue weighted by Gasteiger charge is -2.26. The second kappa shape index (κ2) is 6.12. The molecule has 1 aliphatic rings. The van der Waals surface area contributed by atoms with Gasteiger partial charge in [0, 0.05) is 15.9 Å². The van der Waals surface area contributed by atoms with Crippen molar-refractivity contribution in [3.63, 3.8) is 0 Å². The Labute approximate surface area is 127 Å². The maximum atomic E-state index is 12.0. The third kappa shape index (κ3) is 3.72. The van der Waals surface area contributed by atoms with Crippen molar-refractivity contribution in [1.29, 1.82) is 0 Å². The quantitative estimate of drug-likeness (QED) is 0.893. The minimum atomic E-state index is -3.17. The summed E-state index contributed by atoms with van der Waals surface area (Å²) in [5.41, 5.74) is 0.776. The number of hydrogen-bond donors (Lipinski definition) is 1. The summed E-state index contributed by atoms with van der Waals surface area (Å²) in [7, 11) is -3.17. The van der Waals surface area contributed by atoms with Crippen molar-refractivity contribution in [2.45, 2.75) is 37.0 Å². The Morgan fingerprint density at radius 3 is 2.79 bits per heavy atom. The van der Waals surface area contributed by atoms with Crippen LogP contribution in [0.1, 0.15) is 24.8 Å². The molecule has 1 saturated heterocycles. The summed E-state index contributed by atoms with van der Waals surface area (Å²) in [6.07, 6.45) is 1.48. The third-order valence-corrected chi connectivity index (χ3v) is 6.68. The molecule has 0 radical (unpaired) electrons. The first-order valence-electron chi connectivity index (χ1n) is 6.24. The number of hydrogen-bond acceptors (Lipinski definition) is 3. The molecule has 2 atom stereocenters. The lowest BCUT2D eigenvalue weighted by Crippen LogP contribution is -2.39. The van der Waals surface area contributed by atoms with Gasteiger partial charge in [-0.1, -0.05) is 40.0 Å². The number of aliphatic hydroxyl groups excluding tert-OH is 1. The van der Waals surface area contributed by atoms with Gasteiger partial charge in [0.15, 0.2) is 9.84 Å². The summed E-state index contributed by atoms with van der Waals surface area (Å²) in [6, 6.07) is 5.40. The molecule has 0 bridgehead atoms. The smallest absolute Gasteiger partial charge is 0.155 e. The molecule has 1 N–H and O–H groups in total. The molecule has 6 heteroatoms. The Kier molecular flexibility index (Phi) is 4.93.